The minimum absolute atomic E-state index is 0.0182. The van der Waals surface area contributed by atoms with Gasteiger partial charge in [0.1, 0.15) is 11.3 Å². The van der Waals surface area contributed by atoms with Crippen LogP contribution in [0.3, 0.4) is 0 Å². The predicted octanol–water partition coefficient (Wildman–Crippen LogP) is 3.70. The fraction of sp³-hybridized carbons (Fsp3) is 0.346. The highest BCUT2D eigenvalue weighted by atomic mass is 16.5. The van der Waals surface area contributed by atoms with Crippen LogP contribution < -0.4 is 25.2 Å². The summed E-state index contributed by atoms with van der Waals surface area (Å²) in [6.07, 6.45) is -0.193. The molecule has 1 atom stereocenters. The molecule has 35 heavy (non-hydrogen) atoms. The standard InChI is InChI=1S/C26H29NO8/c1-14-17-7-10-20(32-3)15(2)25(17)35-26(31)18(14)8-11-23(28)27-19(13-24(29)30)16-6-9-21(33-4)22(12-16)34-5/h6-7,9-10,12,19H,8,11,13H2,1-5H3,(H,27,28)(H,29,30)/t19-/m1/s1. The Morgan fingerprint density at radius 2 is 1.63 bits per heavy atom. The Balaban J connectivity index is 1.81. The van der Waals surface area contributed by atoms with Crippen LogP contribution in [0.25, 0.3) is 11.0 Å². The summed E-state index contributed by atoms with van der Waals surface area (Å²) in [5.74, 6) is 0.0681. The second kappa shape index (κ2) is 10.9. The first-order valence-electron chi connectivity index (χ1n) is 11.0. The average Bonchev–Trinajstić information content (AvgIpc) is 2.83. The Labute approximate surface area is 202 Å². The van der Waals surface area contributed by atoms with Gasteiger partial charge in [0, 0.05) is 22.9 Å². The number of rotatable bonds is 10. The number of carboxylic acids is 1. The molecular formula is C26H29NO8. The molecule has 0 unspecified atom stereocenters. The molecule has 0 radical (unpaired) electrons. The molecule has 0 aliphatic carbocycles. The molecule has 3 rings (SSSR count). The first-order valence-corrected chi connectivity index (χ1v) is 11.0. The van der Waals surface area contributed by atoms with E-state index in [1.807, 2.05) is 19.9 Å². The number of fused-ring (bicyclic) bond motifs is 1. The van der Waals surface area contributed by atoms with Crippen LogP contribution in [0.5, 0.6) is 17.2 Å². The predicted molar refractivity (Wildman–Crippen MR) is 130 cm³/mol. The maximum Gasteiger partial charge on any atom is 0.339 e. The lowest BCUT2D eigenvalue weighted by Gasteiger charge is -2.19. The molecule has 0 fully saturated rings. The lowest BCUT2D eigenvalue weighted by Crippen LogP contribution is -2.30. The molecule has 1 amide bonds. The summed E-state index contributed by atoms with van der Waals surface area (Å²) in [5.41, 5.74) is 2.36. The van der Waals surface area contributed by atoms with Gasteiger partial charge in [0.15, 0.2) is 11.5 Å². The maximum absolute atomic E-state index is 12.8. The van der Waals surface area contributed by atoms with Crippen molar-refractivity contribution in [1.29, 1.82) is 0 Å². The summed E-state index contributed by atoms with van der Waals surface area (Å²) in [6, 6.07) is 7.79. The molecule has 0 saturated carbocycles. The van der Waals surface area contributed by atoms with Crippen molar-refractivity contribution in [2.45, 2.75) is 39.2 Å². The number of carbonyl (C=O) groups excluding carboxylic acids is 1. The van der Waals surface area contributed by atoms with Crippen molar-refractivity contribution >= 4 is 22.8 Å². The summed E-state index contributed by atoms with van der Waals surface area (Å²) < 4.78 is 21.4. The summed E-state index contributed by atoms with van der Waals surface area (Å²) in [4.78, 5) is 36.9. The van der Waals surface area contributed by atoms with Gasteiger partial charge in [0.05, 0.1) is 33.8 Å². The number of methoxy groups -OCH3 is 3. The molecule has 0 spiro atoms. The monoisotopic (exact) mass is 483 g/mol. The fourth-order valence-electron chi connectivity index (χ4n) is 4.08. The molecule has 1 heterocycles. The number of aryl methyl sites for hydroxylation is 2. The van der Waals surface area contributed by atoms with E-state index in [1.54, 1.807) is 31.4 Å². The van der Waals surface area contributed by atoms with Gasteiger partial charge in [-0.3, -0.25) is 9.59 Å². The van der Waals surface area contributed by atoms with Crippen LogP contribution >= 0.6 is 0 Å². The van der Waals surface area contributed by atoms with E-state index in [9.17, 15) is 19.5 Å². The van der Waals surface area contributed by atoms with Crippen molar-refractivity contribution in [3.05, 3.63) is 63.0 Å². The van der Waals surface area contributed by atoms with Crippen molar-refractivity contribution in [2.75, 3.05) is 21.3 Å². The van der Waals surface area contributed by atoms with Gasteiger partial charge >= 0.3 is 11.6 Å². The SMILES string of the molecule is COc1ccc([C@@H](CC(=O)O)NC(=O)CCc2c(C)c3ccc(OC)c(C)c3oc2=O)cc1OC. The zero-order chi connectivity index (χ0) is 25.7. The third kappa shape index (κ3) is 5.56. The van der Waals surface area contributed by atoms with E-state index in [2.05, 4.69) is 5.32 Å². The van der Waals surface area contributed by atoms with Crippen LogP contribution in [-0.2, 0) is 16.0 Å². The third-order valence-corrected chi connectivity index (χ3v) is 6.00. The van der Waals surface area contributed by atoms with Gasteiger partial charge in [-0.05, 0) is 55.7 Å². The van der Waals surface area contributed by atoms with Crippen LogP contribution in [0.1, 0.15) is 41.1 Å². The Bertz CT molecular complexity index is 1310. The highest BCUT2D eigenvalue weighted by molar-refractivity contribution is 5.86. The van der Waals surface area contributed by atoms with E-state index in [0.29, 0.717) is 34.0 Å². The first kappa shape index (κ1) is 25.6. The molecule has 0 aliphatic rings. The minimum atomic E-state index is -1.07. The average molecular weight is 484 g/mol. The number of carboxylic acid groups (broad SMARTS) is 1. The van der Waals surface area contributed by atoms with E-state index in [4.69, 9.17) is 18.6 Å². The van der Waals surface area contributed by atoms with E-state index in [1.165, 1.54) is 14.2 Å². The molecule has 9 heteroatoms. The lowest BCUT2D eigenvalue weighted by molar-refractivity contribution is -0.137. The third-order valence-electron chi connectivity index (χ3n) is 6.00. The maximum atomic E-state index is 12.8. The van der Waals surface area contributed by atoms with Crippen molar-refractivity contribution in [1.82, 2.24) is 5.32 Å². The molecule has 2 N–H and O–H groups in total. The number of amides is 1. The molecular weight excluding hydrogens is 454 g/mol. The highest BCUT2D eigenvalue weighted by Gasteiger charge is 2.21. The Hall–Kier alpha value is -4.01. The van der Waals surface area contributed by atoms with Crippen LogP contribution in [0.2, 0.25) is 0 Å². The zero-order valence-corrected chi connectivity index (χ0v) is 20.4. The summed E-state index contributed by atoms with van der Waals surface area (Å²) in [7, 11) is 4.52. The van der Waals surface area contributed by atoms with Crippen molar-refractivity contribution in [2.24, 2.45) is 0 Å². The lowest BCUT2D eigenvalue weighted by atomic mass is 9.99. The summed E-state index contributed by atoms with van der Waals surface area (Å²) >= 11 is 0. The Kier molecular flexibility index (Phi) is 8.01. The van der Waals surface area contributed by atoms with Gasteiger partial charge in [-0.2, -0.15) is 0 Å². The largest absolute Gasteiger partial charge is 0.496 e. The van der Waals surface area contributed by atoms with E-state index in [0.717, 1.165) is 16.5 Å². The van der Waals surface area contributed by atoms with Crippen LogP contribution in [0.15, 0.2) is 39.5 Å². The second-order valence-electron chi connectivity index (χ2n) is 8.09. The minimum Gasteiger partial charge on any atom is -0.496 e. The molecule has 1 aromatic heterocycles. The normalized spacial score (nSPS) is 11.7. The summed E-state index contributed by atoms with van der Waals surface area (Å²) in [6.45, 7) is 3.63. The molecule has 9 nitrogen and oxygen atoms in total. The van der Waals surface area contributed by atoms with E-state index >= 15 is 0 Å². The van der Waals surface area contributed by atoms with Crippen molar-refractivity contribution in [3.63, 3.8) is 0 Å². The van der Waals surface area contributed by atoms with Crippen LogP contribution in [0, 0.1) is 13.8 Å². The number of nitrogens with one attached hydrogen (secondary N) is 1. The fourth-order valence-corrected chi connectivity index (χ4v) is 4.08. The molecule has 3 aromatic rings. The van der Waals surface area contributed by atoms with Gasteiger partial charge in [-0.25, -0.2) is 4.79 Å². The number of benzene rings is 2. The van der Waals surface area contributed by atoms with E-state index in [-0.39, 0.29) is 19.3 Å². The first-order chi connectivity index (χ1) is 16.7. The smallest absolute Gasteiger partial charge is 0.339 e. The van der Waals surface area contributed by atoms with Crippen LogP contribution in [-0.4, -0.2) is 38.3 Å². The number of carbonyl (C=O) groups is 2. The second-order valence-corrected chi connectivity index (χ2v) is 8.09. The molecule has 186 valence electrons. The molecule has 0 aliphatic heterocycles. The Morgan fingerprint density at radius 3 is 2.26 bits per heavy atom. The van der Waals surface area contributed by atoms with Crippen molar-refractivity contribution < 1.29 is 33.3 Å². The topological polar surface area (TPSA) is 124 Å². The quantitative estimate of drug-likeness (QED) is 0.418. The van der Waals surface area contributed by atoms with Gasteiger partial charge in [0.2, 0.25) is 5.91 Å². The number of hydrogen-bond acceptors (Lipinski definition) is 7. The molecule has 0 saturated heterocycles. The highest BCUT2D eigenvalue weighted by Crippen LogP contribution is 2.32. The Morgan fingerprint density at radius 1 is 0.971 bits per heavy atom. The number of hydrogen-bond donors (Lipinski definition) is 2. The number of ether oxygens (including phenoxy) is 3. The van der Waals surface area contributed by atoms with Gasteiger partial charge in [-0.1, -0.05) is 6.07 Å². The summed E-state index contributed by atoms with van der Waals surface area (Å²) in [5, 5.41) is 12.9. The molecule has 0 bridgehead atoms. The molecule has 2 aromatic carbocycles. The van der Waals surface area contributed by atoms with E-state index < -0.39 is 23.5 Å². The van der Waals surface area contributed by atoms with Gasteiger partial charge in [-0.15, -0.1) is 0 Å². The van der Waals surface area contributed by atoms with Crippen molar-refractivity contribution in [3.8, 4) is 17.2 Å². The van der Waals surface area contributed by atoms with Gasteiger partial charge < -0.3 is 29.1 Å². The van der Waals surface area contributed by atoms with Gasteiger partial charge in [0.25, 0.3) is 0 Å². The zero-order valence-electron chi connectivity index (χ0n) is 20.4. The van der Waals surface area contributed by atoms with Crippen LogP contribution in [0.4, 0.5) is 0 Å². The number of aliphatic carboxylic acids is 1.